The van der Waals surface area contributed by atoms with Gasteiger partial charge >= 0.3 is 5.97 Å². The smallest absolute Gasteiger partial charge is 0.338 e. The van der Waals surface area contributed by atoms with Crippen LogP contribution >= 0.6 is 22.6 Å². The molecule has 0 atom stereocenters. The Labute approximate surface area is 148 Å². The van der Waals surface area contributed by atoms with E-state index in [1.807, 2.05) is 26.0 Å². The van der Waals surface area contributed by atoms with Crippen molar-refractivity contribution in [2.24, 2.45) is 0 Å². The summed E-state index contributed by atoms with van der Waals surface area (Å²) in [5, 5.41) is 2.87. The van der Waals surface area contributed by atoms with Gasteiger partial charge in [0.05, 0.1) is 12.7 Å². The molecule has 2 rings (SSSR count). The second kappa shape index (κ2) is 7.08. The fraction of sp³-hybridized carbons (Fsp3) is 0.235. The van der Waals surface area contributed by atoms with Crippen molar-refractivity contribution in [3.8, 4) is 0 Å². The van der Waals surface area contributed by atoms with E-state index in [0.29, 0.717) is 22.5 Å². The monoisotopic (exact) mass is 424 g/mol. The third kappa shape index (κ3) is 3.69. The van der Waals surface area contributed by atoms with Crippen molar-refractivity contribution >= 4 is 40.2 Å². The number of pyridine rings is 1. The molecule has 1 aromatic carbocycles. The molecule has 23 heavy (non-hydrogen) atoms. The first kappa shape index (κ1) is 17.4. The van der Waals surface area contributed by atoms with Crippen LogP contribution in [0.2, 0.25) is 0 Å². The fourth-order valence-corrected chi connectivity index (χ4v) is 2.70. The van der Waals surface area contributed by atoms with Gasteiger partial charge in [0, 0.05) is 5.69 Å². The molecule has 0 bridgehead atoms. The zero-order valence-electron chi connectivity index (χ0n) is 13.4. The SMILES string of the molecule is COC(=O)c1ccc(C)c(NC(=O)c2nc(I)ccc2C)c1C. The largest absolute Gasteiger partial charge is 0.465 e. The molecule has 0 radical (unpaired) electrons. The highest BCUT2D eigenvalue weighted by atomic mass is 127. The van der Waals surface area contributed by atoms with E-state index in [1.165, 1.54) is 7.11 Å². The van der Waals surface area contributed by atoms with Gasteiger partial charge in [0.1, 0.15) is 9.39 Å². The number of carbonyl (C=O) groups is 2. The van der Waals surface area contributed by atoms with Crippen molar-refractivity contribution in [2.75, 3.05) is 12.4 Å². The zero-order valence-corrected chi connectivity index (χ0v) is 15.5. The molecular weight excluding hydrogens is 407 g/mol. The molecule has 6 heteroatoms. The van der Waals surface area contributed by atoms with E-state index in [9.17, 15) is 9.59 Å². The normalized spacial score (nSPS) is 10.3. The lowest BCUT2D eigenvalue weighted by Crippen LogP contribution is -2.18. The van der Waals surface area contributed by atoms with Crippen molar-refractivity contribution in [3.05, 3.63) is 55.9 Å². The lowest BCUT2D eigenvalue weighted by molar-refractivity contribution is 0.0599. The average Bonchev–Trinajstić information content (AvgIpc) is 2.52. The van der Waals surface area contributed by atoms with Gasteiger partial charge in [-0.1, -0.05) is 12.1 Å². The van der Waals surface area contributed by atoms with E-state index in [2.05, 4.69) is 32.9 Å². The van der Waals surface area contributed by atoms with Gasteiger partial charge in [-0.15, -0.1) is 0 Å². The summed E-state index contributed by atoms with van der Waals surface area (Å²) < 4.78 is 5.52. The molecular formula is C17H17IN2O3. The van der Waals surface area contributed by atoms with Gasteiger partial charge in [0.25, 0.3) is 5.91 Å². The van der Waals surface area contributed by atoms with Gasteiger partial charge < -0.3 is 10.1 Å². The number of rotatable bonds is 3. The number of benzene rings is 1. The molecule has 2 aromatic rings. The molecule has 1 heterocycles. The Bertz CT molecular complexity index is 788. The number of halogens is 1. The van der Waals surface area contributed by atoms with Crippen LogP contribution in [0.4, 0.5) is 5.69 Å². The lowest BCUT2D eigenvalue weighted by atomic mass is 10.0. The van der Waals surface area contributed by atoms with Gasteiger partial charge in [-0.2, -0.15) is 0 Å². The Morgan fingerprint density at radius 2 is 1.74 bits per heavy atom. The third-order valence-electron chi connectivity index (χ3n) is 3.60. The number of hydrogen-bond donors (Lipinski definition) is 1. The predicted octanol–water partition coefficient (Wildman–Crippen LogP) is 3.65. The number of methoxy groups -OCH3 is 1. The minimum Gasteiger partial charge on any atom is -0.465 e. The Balaban J connectivity index is 2.41. The number of hydrogen-bond acceptors (Lipinski definition) is 4. The summed E-state index contributed by atoms with van der Waals surface area (Å²) in [4.78, 5) is 28.6. The molecule has 0 aliphatic rings. The number of anilines is 1. The summed E-state index contributed by atoms with van der Waals surface area (Å²) in [5.41, 5.74) is 3.75. The van der Waals surface area contributed by atoms with Crippen LogP contribution < -0.4 is 5.32 Å². The number of amides is 1. The predicted molar refractivity (Wildman–Crippen MR) is 96.9 cm³/mol. The highest BCUT2D eigenvalue weighted by Crippen LogP contribution is 2.25. The van der Waals surface area contributed by atoms with Crippen molar-refractivity contribution in [1.29, 1.82) is 0 Å². The highest BCUT2D eigenvalue weighted by molar-refractivity contribution is 14.1. The maximum atomic E-state index is 12.5. The maximum Gasteiger partial charge on any atom is 0.338 e. The van der Waals surface area contributed by atoms with Crippen molar-refractivity contribution in [3.63, 3.8) is 0 Å². The Kier molecular flexibility index (Phi) is 5.35. The van der Waals surface area contributed by atoms with Crippen molar-refractivity contribution in [1.82, 2.24) is 4.98 Å². The second-order valence-electron chi connectivity index (χ2n) is 5.18. The maximum absolute atomic E-state index is 12.5. The molecule has 5 nitrogen and oxygen atoms in total. The number of nitrogens with zero attached hydrogens (tertiary/aromatic N) is 1. The van der Waals surface area contributed by atoms with E-state index in [-0.39, 0.29) is 5.91 Å². The van der Waals surface area contributed by atoms with Gasteiger partial charge in [-0.05, 0) is 72.2 Å². The molecule has 0 saturated carbocycles. The second-order valence-corrected chi connectivity index (χ2v) is 6.28. The Hall–Kier alpha value is -1.96. The number of nitrogens with one attached hydrogen (secondary N) is 1. The summed E-state index contributed by atoms with van der Waals surface area (Å²) in [7, 11) is 1.33. The van der Waals surface area contributed by atoms with E-state index in [1.54, 1.807) is 19.1 Å². The fourth-order valence-electron chi connectivity index (χ4n) is 2.28. The first-order valence-electron chi connectivity index (χ1n) is 6.98. The van der Waals surface area contributed by atoms with E-state index in [0.717, 1.165) is 14.8 Å². The van der Waals surface area contributed by atoms with Crippen LogP contribution in [0.1, 0.15) is 37.5 Å². The molecule has 0 spiro atoms. The number of aromatic nitrogens is 1. The summed E-state index contributed by atoms with van der Waals surface area (Å²) in [6.45, 7) is 5.49. The quantitative estimate of drug-likeness (QED) is 0.464. The summed E-state index contributed by atoms with van der Waals surface area (Å²) >= 11 is 2.07. The molecule has 1 amide bonds. The zero-order chi connectivity index (χ0) is 17.1. The van der Waals surface area contributed by atoms with E-state index >= 15 is 0 Å². The minimum absolute atomic E-state index is 0.297. The van der Waals surface area contributed by atoms with Crippen LogP contribution in [0.3, 0.4) is 0 Å². The van der Waals surface area contributed by atoms with Gasteiger partial charge in [-0.25, -0.2) is 9.78 Å². The Morgan fingerprint density at radius 3 is 2.39 bits per heavy atom. The van der Waals surface area contributed by atoms with Crippen LogP contribution in [-0.2, 0) is 4.74 Å². The average molecular weight is 424 g/mol. The van der Waals surface area contributed by atoms with Gasteiger partial charge in [-0.3, -0.25) is 4.79 Å². The van der Waals surface area contributed by atoms with Crippen molar-refractivity contribution < 1.29 is 14.3 Å². The molecule has 120 valence electrons. The van der Waals surface area contributed by atoms with Gasteiger partial charge in [0.15, 0.2) is 0 Å². The third-order valence-corrected chi connectivity index (χ3v) is 4.20. The number of esters is 1. The van der Waals surface area contributed by atoms with Crippen molar-refractivity contribution in [2.45, 2.75) is 20.8 Å². The summed E-state index contributed by atoms with van der Waals surface area (Å²) in [6.07, 6.45) is 0. The Morgan fingerprint density at radius 1 is 1.09 bits per heavy atom. The minimum atomic E-state index is -0.429. The molecule has 0 saturated heterocycles. The molecule has 0 aliphatic carbocycles. The summed E-state index contributed by atoms with van der Waals surface area (Å²) in [6, 6.07) is 7.18. The lowest BCUT2D eigenvalue weighted by Gasteiger charge is -2.15. The number of ether oxygens (including phenoxy) is 1. The van der Waals surface area contributed by atoms with Crippen LogP contribution in [-0.4, -0.2) is 24.0 Å². The first-order valence-corrected chi connectivity index (χ1v) is 8.06. The number of carbonyl (C=O) groups excluding carboxylic acids is 2. The highest BCUT2D eigenvalue weighted by Gasteiger charge is 2.18. The van der Waals surface area contributed by atoms with E-state index in [4.69, 9.17) is 4.74 Å². The molecule has 0 unspecified atom stereocenters. The van der Waals surface area contributed by atoms with Crippen LogP contribution in [0.15, 0.2) is 24.3 Å². The van der Waals surface area contributed by atoms with Crippen LogP contribution in [0.5, 0.6) is 0 Å². The topological polar surface area (TPSA) is 68.3 Å². The molecule has 0 fully saturated rings. The first-order chi connectivity index (χ1) is 10.8. The van der Waals surface area contributed by atoms with E-state index < -0.39 is 5.97 Å². The summed E-state index contributed by atoms with van der Waals surface area (Å²) in [5.74, 6) is -0.726. The van der Waals surface area contributed by atoms with Gasteiger partial charge in [0.2, 0.25) is 0 Å². The van der Waals surface area contributed by atoms with Crippen LogP contribution in [0.25, 0.3) is 0 Å². The molecule has 1 N–H and O–H groups in total. The number of aryl methyl sites for hydroxylation is 2. The standard InChI is InChI=1S/C17H17IN2O3/c1-9-5-7-12(17(22)23-4)11(3)14(9)20-16(21)15-10(2)6-8-13(18)19-15/h5-8H,1-4H3,(H,20,21). The molecule has 1 aromatic heterocycles. The molecule has 0 aliphatic heterocycles. The van der Waals surface area contributed by atoms with Crippen LogP contribution in [0, 0.1) is 24.5 Å².